The van der Waals surface area contributed by atoms with Gasteiger partial charge in [0.1, 0.15) is 5.75 Å². The molecule has 0 saturated carbocycles. The van der Waals surface area contributed by atoms with Crippen LogP contribution in [0.1, 0.15) is 12.5 Å². The molecule has 1 aromatic rings. The van der Waals surface area contributed by atoms with Gasteiger partial charge >= 0.3 is 0 Å². The van der Waals surface area contributed by atoms with Gasteiger partial charge in [-0.2, -0.15) is 0 Å². The van der Waals surface area contributed by atoms with Crippen molar-refractivity contribution in [3.63, 3.8) is 0 Å². The second-order valence-electron chi connectivity index (χ2n) is 3.38. The molecule has 4 nitrogen and oxygen atoms in total. The molecule has 0 saturated heterocycles. The normalized spacial score (nSPS) is 12.1. The van der Waals surface area contributed by atoms with Crippen molar-refractivity contribution in [3.8, 4) is 5.75 Å². The highest BCUT2D eigenvalue weighted by Gasteiger charge is 2.10. The first kappa shape index (κ1) is 11.5. The summed E-state index contributed by atoms with van der Waals surface area (Å²) in [5.41, 5.74) is 5.81. The van der Waals surface area contributed by atoms with Crippen molar-refractivity contribution in [1.29, 1.82) is 0 Å². The standard InChI is InChI=1S/C11H15NO3/c1-8(11(12)14)7-15-10-5-3-2-4-9(10)6-13/h2-5,8,13H,6-7H2,1H3,(H2,12,14). The van der Waals surface area contributed by atoms with Crippen LogP contribution in [0, 0.1) is 5.92 Å². The molecule has 0 radical (unpaired) electrons. The quantitative estimate of drug-likeness (QED) is 0.749. The fourth-order valence-electron chi connectivity index (χ4n) is 1.07. The van der Waals surface area contributed by atoms with Gasteiger partial charge in [0.15, 0.2) is 0 Å². The number of hydrogen-bond donors (Lipinski definition) is 2. The molecular formula is C11H15NO3. The van der Waals surface area contributed by atoms with Gasteiger partial charge in [-0.3, -0.25) is 4.79 Å². The summed E-state index contributed by atoms with van der Waals surface area (Å²) >= 11 is 0. The van der Waals surface area contributed by atoms with Gasteiger partial charge in [-0.1, -0.05) is 25.1 Å². The fraction of sp³-hybridized carbons (Fsp3) is 0.364. The molecule has 15 heavy (non-hydrogen) atoms. The molecule has 0 bridgehead atoms. The van der Waals surface area contributed by atoms with Gasteiger partial charge in [0.05, 0.1) is 19.1 Å². The first-order valence-electron chi connectivity index (χ1n) is 4.76. The lowest BCUT2D eigenvalue weighted by Gasteiger charge is -2.12. The molecule has 1 aromatic carbocycles. The molecule has 0 aliphatic heterocycles. The molecule has 0 heterocycles. The third-order valence-corrected chi connectivity index (χ3v) is 2.12. The maximum atomic E-state index is 10.8. The van der Waals surface area contributed by atoms with Gasteiger partial charge in [0, 0.05) is 5.56 Å². The largest absolute Gasteiger partial charge is 0.492 e. The van der Waals surface area contributed by atoms with Gasteiger partial charge in [-0.25, -0.2) is 0 Å². The lowest BCUT2D eigenvalue weighted by atomic mass is 10.2. The van der Waals surface area contributed by atoms with Gasteiger partial charge in [0.2, 0.25) is 5.91 Å². The highest BCUT2D eigenvalue weighted by Crippen LogP contribution is 2.18. The third-order valence-electron chi connectivity index (χ3n) is 2.12. The Bertz CT molecular complexity index is 338. The molecule has 1 atom stereocenters. The summed E-state index contributed by atoms with van der Waals surface area (Å²) in [6, 6.07) is 7.14. The van der Waals surface area contributed by atoms with Crippen LogP contribution in [-0.2, 0) is 11.4 Å². The van der Waals surface area contributed by atoms with Crippen molar-refractivity contribution >= 4 is 5.91 Å². The Balaban J connectivity index is 2.60. The van der Waals surface area contributed by atoms with Crippen molar-refractivity contribution in [2.24, 2.45) is 11.7 Å². The smallest absolute Gasteiger partial charge is 0.223 e. The van der Waals surface area contributed by atoms with E-state index in [1.54, 1.807) is 19.1 Å². The van der Waals surface area contributed by atoms with Crippen molar-refractivity contribution in [2.45, 2.75) is 13.5 Å². The van der Waals surface area contributed by atoms with Crippen LogP contribution >= 0.6 is 0 Å². The van der Waals surface area contributed by atoms with Crippen LogP contribution in [-0.4, -0.2) is 17.6 Å². The van der Waals surface area contributed by atoms with Gasteiger partial charge in [0.25, 0.3) is 0 Å². The molecule has 1 amide bonds. The first-order valence-corrected chi connectivity index (χ1v) is 4.76. The minimum atomic E-state index is -0.392. The molecule has 0 aliphatic rings. The van der Waals surface area contributed by atoms with E-state index in [4.69, 9.17) is 15.6 Å². The maximum Gasteiger partial charge on any atom is 0.223 e. The van der Waals surface area contributed by atoms with E-state index < -0.39 is 5.91 Å². The van der Waals surface area contributed by atoms with Crippen LogP contribution in [0.2, 0.25) is 0 Å². The number of amides is 1. The third kappa shape index (κ3) is 3.25. The average Bonchev–Trinajstić information content (AvgIpc) is 2.26. The molecule has 1 rings (SSSR count). The Hall–Kier alpha value is -1.55. The van der Waals surface area contributed by atoms with Crippen molar-refractivity contribution in [2.75, 3.05) is 6.61 Å². The summed E-state index contributed by atoms with van der Waals surface area (Å²) in [5.74, 6) is -0.138. The number of rotatable bonds is 5. The van der Waals surface area contributed by atoms with Crippen LogP contribution in [0.15, 0.2) is 24.3 Å². The van der Waals surface area contributed by atoms with Crippen molar-refractivity contribution in [3.05, 3.63) is 29.8 Å². The summed E-state index contributed by atoms with van der Waals surface area (Å²) in [7, 11) is 0. The van der Waals surface area contributed by atoms with E-state index in [0.29, 0.717) is 11.3 Å². The second-order valence-corrected chi connectivity index (χ2v) is 3.38. The lowest BCUT2D eigenvalue weighted by Crippen LogP contribution is -2.25. The summed E-state index contributed by atoms with van der Waals surface area (Å²) in [4.78, 5) is 10.8. The molecule has 0 aliphatic carbocycles. The average molecular weight is 209 g/mol. The Kier molecular flexibility index (Phi) is 4.12. The summed E-state index contributed by atoms with van der Waals surface area (Å²) in [6.45, 7) is 1.84. The molecule has 3 N–H and O–H groups in total. The minimum absolute atomic E-state index is 0.0822. The predicted octanol–water partition coefficient (Wildman–Crippen LogP) is 0.679. The Morgan fingerprint density at radius 2 is 2.20 bits per heavy atom. The van der Waals surface area contributed by atoms with E-state index >= 15 is 0 Å². The molecule has 0 aromatic heterocycles. The number of aliphatic hydroxyl groups excluding tert-OH is 1. The van der Waals surface area contributed by atoms with E-state index in [-0.39, 0.29) is 19.1 Å². The topological polar surface area (TPSA) is 72.6 Å². The number of benzene rings is 1. The SMILES string of the molecule is CC(COc1ccccc1CO)C(N)=O. The van der Waals surface area contributed by atoms with E-state index in [0.717, 1.165) is 0 Å². The van der Waals surface area contributed by atoms with Gasteiger partial charge in [-0.15, -0.1) is 0 Å². The number of aliphatic hydroxyl groups is 1. The van der Waals surface area contributed by atoms with E-state index in [1.165, 1.54) is 0 Å². The number of carbonyl (C=O) groups excluding carboxylic acids is 1. The molecule has 1 unspecified atom stereocenters. The molecule has 0 fully saturated rings. The van der Waals surface area contributed by atoms with E-state index in [1.807, 2.05) is 12.1 Å². The minimum Gasteiger partial charge on any atom is -0.492 e. The van der Waals surface area contributed by atoms with Gasteiger partial charge < -0.3 is 15.6 Å². The number of para-hydroxylation sites is 1. The predicted molar refractivity (Wildman–Crippen MR) is 56.2 cm³/mol. The molecule has 82 valence electrons. The first-order chi connectivity index (χ1) is 7.15. The maximum absolute atomic E-state index is 10.8. The fourth-order valence-corrected chi connectivity index (χ4v) is 1.07. The Morgan fingerprint density at radius 1 is 1.53 bits per heavy atom. The zero-order chi connectivity index (χ0) is 11.3. The summed E-state index contributed by atoms with van der Waals surface area (Å²) in [6.07, 6.45) is 0. The van der Waals surface area contributed by atoms with Crippen LogP contribution in [0.25, 0.3) is 0 Å². The van der Waals surface area contributed by atoms with Gasteiger partial charge in [-0.05, 0) is 6.07 Å². The summed E-state index contributed by atoms with van der Waals surface area (Å²) < 4.78 is 5.39. The Labute approximate surface area is 88.7 Å². The number of primary amides is 1. The van der Waals surface area contributed by atoms with E-state index in [9.17, 15) is 4.79 Å². The van der Waals surface area contributed by atoms with Crippen LogP contribution in [0.5, 0.6) is 5.75 Å². The molecule has 4 heteroatoms. The number of ether oxygens (including phenoxy) is 1. The molecule has 0 spiro atoms. The highest BCUT2D eigenvalue weighted by molar-refractivity contribution is 5.76. The van der Waals surface area contributed by atoms with Crippen LogP contribution in [0.4, 0.5) is 0 Å². The Morgan fingerprint density at radius 3 is 2.80 bits per heavy atom. The highest BCUT2D eigenvalue weighted by atomic mass is 16.5. The molecular weight excluding hydrogens is 194 g/mol. The van der Waals surface area contributed by atoms with E-state index in [2.05, 4.69) is 0 Å². The summed E-state index contributed by atoms with van der Waals surface area (Å²) in [5, 5.41) is 9.02. The van der Waals surface area contributed by atoms with Crippen molar-refractivity contribution < 1.29 is 14.6 Å². The van der Waals surface area contributed by atoms with Crippen molar-refractivity contribution in [1.82, 2.24) is 0 Å². The lowest BCUT2D eigenvalue weighted by molar-refractivity contribution is -0.122. The zero-order valence-electron chi connectivity index (χ0n) is 8.64. The van der Waals surface area contributed by atoms with Crippen LogP contribution in [0.3, 0.4) is 0 Å². The van der Waals surface area contributed by atoms with Crippen LogP contribution < -0.4 is 10.5 Å². The second kappa shape index (κ2) is 5.36. The number of nitrogens with two attached hydrogens (primary N) is 1. The monoisotopic (exact) mass is 209 g/mol. The number of hydrogen-bond acceptors (Lipinski definition) is 3. The zero-order valence-corrected chi connectivity index (χ0v) is 8.64. The number of carbonyl (C=O) groups is 1.